The zero-order valence-corrected chi connectivity index (χ0v) is 26.5. The molecule has 15 heteroatoms. The van der Waals surface area contributed by atoms with Gasteiger partial charge < -0.3 is 20.1 Å². The van der Waals surface area contributed by atoms with E-state index < -0.39 is 24.1 Å². The van der Waals surface area contributed by atoms with Gasteiger partial charge in [-0.1, -0.05) is 30.5 Å². The highest BCUT2D eigenvalue weighted by atomic mass is 35.5. The van der Waals surface area contributed by atoms with Crippen LogP contribution in [0.2, 0.25) is 5.02 Å². The number of tetrazole rings is 1. The molecule has 4 N–H and O–H groups in total. The number of carbonyl (C=O) groups excluding carboxylic acids is 3. The molecule has 0 spiro atoms. The Morgan fingerprint density at radius 3 is 2.74 bits per heavy atom. The molecular formula is C32H34ClN8O6+. The van der Waals surface area contributed by atoms with E-state index in [1.54, 1.807) is 55.6 Å². The van der Waals surface area contributed by atoms with Gasteiger partial charge in [0, 0.05) is 43.9 Å². The third kappa shape index (κ3) is 8.41. The average molecular weight is 662 g/mol. The van der Waals surface area contributed by atoms with E-state index in [9.17, 15) is 19.6 Å². The molecule has 0 radical (unpaired) electrons. The van der Waals surface area contributed by atoms with Crippen molar-refractivity contribution in [2.45, 2.75) is 44.7 Å². The number of fused-ring (bicyclic) bond motifs is 4. The van der Waals surface area contributed by atoms with Gasteiger partial charge >= 0.3 is 12.1 Å². The molecule has 2 aromatic heterocycles. The number of rotatable bonds is 7. The molecule has 4 aromatic rings. The second-order valence-corrected chi connectivity index (χ2v) is 11.1. The van der Waals surface area contributed by atoms with E-state index >= 15 is 0 Å². The monoisotopic (exact) mass is 661 g/mol. The first-order valence-electron chi connectivity index (χ1n) is 14.9. The summed E-state index contributed by atoms with van der Waals surface area (Å²) in [5, 5.41) is 31.5. The van der Waals surface area contributed by atoms with Crippen molar-refractivity contribution in [3.05, 3.63) is 83.4 Å². The van der Waals surface area contributed by atoms with Gasteiger partial charge in [0.1, 0.15) is 12.4 Å². The normalized spacial score (nSPS) is 16.1. The lowest BCUT2D eigenvalue weighted by Crippen LogP contribution is -2.34. The third-order valence-electron chi connectivity index (χ3n) is 7.49. The fourth-order valence-electron chi connectivity index (χ4n) is 5.31. The van der Waals surface area contributed by atoms with Crippen LogP contribution in [0.4, 0.5) is 16.2 Å². The van der Waals surface area contributed by atoms with Gasteiger partial charge in [0.05, 0.1) is 31.0 Å². The van der Waals surface area contributed by atoms with Crippen molar-refractivity contribution >= 4 is 47.0 Å². The predicted molar refractivity (Wildman–Crippen MR) is 172 cm³/mol. The zero-order valence-electron chi connectivity index (χ0n) is 25.7. The van der Waals surface area contributed by atoms with Crippen LogP contribution in [0.5, 0.6) is 0 Å². The van der Waals surface area contributed by atoms with E-state index in [4.69, 9.17) is 21.1 Å². The molecule has 244 valence electrons. The number of aromatic nitrogens is 5. The minimum Gasteiger partial charge on any atom is -0.464 e. The molecule has 3 heterocycles. The highest BCUT2D eigenvalue weighted by Gasteiger charge is 2.25. The number of ether oxygens (including phenoxy) is 2. The van der Waals surface area contributed by atoms with Gasteiger partial charge in [0.25, 0.3) is 0 Å². The van der Waals surface area contributed by atoms with Crippen molar-refractivity contribution in [3.63, 3.8) is 0 Å². The van der Waals surface area contributed by atoms with Crippen molar-refractivity contribution in [3.8, 4) is 16.8 Å². The molecule has 2 amide bonds. The lowest BCUT2D eigenvalue weighted by Gasteiger charge is -2.23. The summed E-state index contributed by atoms with van der Waals surface area (Å²) in [4.78, 5) is 38.2. The Labute approximate surface area is 275 Å². The number of halogens is 1. The summed E-state index contributed by atoms with van der Waals surface area (Å²) in [5.41, 5.74) is 4.12. The summed E-state index contributed by atoms with van der Waals surface area (Å²) in [6, 6.07) is 11.0. The highest BCUT2D eigenvalue weighted by Crippen LogP contribution is 2.34. The summed E-state index contributed by atoms with van der Waals surface area (Å²) in [5.74, 6) is -0.783. The topological polar surface area (TPSA) is 173 Å². The maximum absolute atomic E-state index is 13.3. The fraction of sp³-hybridized carbons (Fsp3) is 0.281. The third-order valence-corrected chi connectivity index (χ3v) is 7.73. The fourth-order valence-corrected chi connectivity index (χ4v) is 5.49. The summed E-state index contributed by atoms with van der Waals surface area (Å²) in [6.45, 7) is 1.96. The Balaban J connectivity index is 1.48. The Hall–Kier alpha value is -5.50. The van der Waals surface area contributed by atoms with Crippen LogP contribution in [0, 0.1) is 0 Å². The Kier molecular flexibility index (Phi) is 10.6. The smallest absolute Gasteiger partial charge is 0.411 e. The first-order valence-corrected chi connectivity index (χ1v) is 15.3. The van der Waals surface area contributed by atoms with Gasteiger partial charge in [-0.05, 0) is 72.7 Å². The summed E-state index contributed by atoms with van der Waals surface area (Å²) in [7, 11) is 1.26. The van der Waals surface area contributed by atoms with E-state index in [-0.39, 0.29) is 12.5 Å². The molecule has 2 bridgehead atoms. The van der Waals surface area contributed by atoms with Crippen molar-refractivity contribution in [1.82, 2.24) is 25.5 Å². The van der Waals surface area contributed by atoms with Crippen molar-refractivity contribution < 1.29 is 33.8 Å². The van der Waals surface area contributed by atoms with Crippen molar-refractivity contribution in [1.29, 1.82) is 0 Å². The van der Waals surface area contributed by atoms with Gasteiger partial charge in [0.15, 0.2) is 0 Å². The molecule has 0 saturated heterocycles. The van der Waals surface area contributed by atoms with Crippen molar-refractivity contribution in [2.24, 2.45) is 0 Å². The lowest BCUT2D eigenvalue weighted by molar-refractivity contribution is -0.904. The molecular weight excluding hydrogens is 628 g/mol. The Morgan fingerprint density at radius 2 is 1.98 bits per heavy atom. The van der Waals surface area contributed by atoms with Gasteiger partial charge in [-0.25, -0.2) is 9.59 Å². The van der Waals surface area contributed by atoms with Crippen molar-refractivity contribution in [2.75, 3.05) is 24.4 Å². The first-order chi connectivity index (χ1) is 22.7. The van der Waals surface area contributed by atoms with E-state index in [0.717, 1.165) is 4.73 Å². The number of benzene rings is 2. The second-order valence-electron chi connectivity index (χ2n) is 10.7. The van der Waals surface area contributed by atoms with E-state index in [0.29, 0.717) is 70.0 Å². The Morgan fingerprint density at radius 1 is 1.15 bits per heavy atom. The van der Waals surface area contributed by atoms with Crippen LogP contribution in [0.1, 0.15) is 49.8 Å². The molecule has 5 rings (SSSR count). The highest BCUT2D eigenvalue weighted by molar-refractivity contribution is 6.30. The van der Waals surface area contributed by atoms with Crippen LogP contribution in [-0.2, 0) is 19.1 Å². The van der Waals surface area contributed by atoms with Crippen LogP contribution in [0.3, 0.4) is 0 Å². The zero-order chi connectivity index (χ0) is 33.3. The molecule has 14 nitrogen and oxygen atoms in total. The van der Waals surface area contributed by atoms with Crippen LogP contribution in [-0.4, -0.2) is 63.1 Å². The second kappa shape index (κ2) is 15.2. The molecule has 0 saturated carbocycles. The molecule has 1 aliphatic rings. The maximum Gasteiger partial charge on any atom is 0.411 e. The average Bonchev–Trinajstić information content (AvgIpc) is 3.59. The number of pyridine rings is 1. The van der Waals surface area contributed by atoms with E-state index in [1.165, 1.54) is 30.4 Å². The quantitative estimate of drug-likeness (QED) is 0.0957. The molecule has 1 aliphatic heterocycles. The first kappa shape index (κ1) is 32.9. The summed E-state index contributed by atoms with van der Waals surface area (Å²) in [6.07, 6.45) is 9.14. The maximum atomic E-state index is 13.3. The number of anilines is 2. The molecule has 0 aliphatic carbocycles. The van der Waals surface area contributed by atoms with Gasteiger partial charge in [0.2, 0.25) is 18.3 Å². The van der Waals surface area contributed by atoms with E-state index in [2.05, 4.69) is 31.5 Å². The summed E-state index contributed by atoms with van der Waals surface area (Å²) >= 11 is 6.23. The van der Waals surface area contributed by atoms with Crippen LogP contribution in [0.25, 0.3) is 22.9 Å². The van der Waals surface area contributed by atoms with Crippen LogP contribution >= 0.6 is 11.6 Å². The molecule has 2 aromatic carbocycles. The number of amides is 2. The molecule has 47 heavy (non-hydrogen) atoms. The van der Waals surface area contributed by atoms with Gasteiger partial charge in [-0.2, -0.15) is 4.68 Å². The molecule has 0 unspecified atom stereocenters. The summed E-state index contributed by atoms with van der Waals surface area (Å²) < 4.78 is 12.5. The molecule has 2 atom stereocenters. The minimum atomic E-state index is -0.686. The number of hydrogen-bond donors (Lipinski definition) is 4. The van der Waals surface area contributed by atoms with Gasteiger partial charge in [-0.15, -0.1) is 5.10 Å². The molecule has 0 fully saturated rings. The SMILES string of the molecule is CCOC(=O)[C@H]1CCCC[C@H](NC(=O)C=Cc2cc(Cl)ccc2-n2cnnn2)c2cc(c[n+](O)c2)-c2ccc(NC(=O)OC)cc2N1. The minimum absolute atomic E-state index is 0.217. The predicted octanol–water partition coefficient (Wildman–Crippen LogP) is 4.47. The van der Waals surface area contributed by atoms with Crippen LogP contribution in [0.15, 0.2) is 67.3 Å². The number of nitrogens with one attached hydrogen (secondary N) is 3. The number of esters is 1. The van der Waals surface area contributed by atoms with E-state index in [1.807, 2.05) is 6.07 Å². The standard InChI is InChI=1S/C32H33ClN8O6/c1-3-47-31(43)27-7-5-4-6-26(37-30(42)13-8-20-15-23(33)9-12-29(20)41-19-34-38-39-41)22-14-21(17-40(45)18-22)25-11-10-24(16-28(25)36-27)35-32(44)46-2/h8-19,26-27,36H,3-7H2,1-2H3,(H2-,35,37,42,44,45)/p+1/t26-,27+/m0/s1. The Bertz CT molecular complexity index is 1780. The van der Waals surface area contributed by atoms with Gasteiger partial charge in [-0.3, -0.25) is 15.3 Å². The van der Waals surface area contributed by atoms with Crippen LogP contribution < -0.4 is 20.7 Å². The number of hydrogen-bond acceptors (Lipinski definition) is 10. The number of methoxy groups -OCH3 is 1. The number of carbonyl (C=O) groups is 3. The largest absolute Gasteiger partial charge is 0.464 e. The number of nitrogens with zero attached hydrogens (tertiary/aromatic N) is 5. The lowest BCUT2D eigenvalue weighted by atomic mass is 9.95.